The number of nitrogens with two attached hydrogens (primary N) is 1. The average Bonchev–Trinajstić information content (AvgIpc) is 2.43. The zero-order valence-corrected chi connectivity index (χ0v) is 11.3. The minimum absolute atomic E-state index is 0.363. The predicted octanol–water partition coefficient (Wildman–Crippen LogP) is 3.69. The van der Waals surface area contributed by atoms with Crippen LogP contribution in [0.5, 0.6) is 5.75 Å². The standard InChI is InChI=1S/C16H19NO2/c1-11(2)10-19-15-6-5-12-7-14(16(17)9-18)4-3-13(12)8-15/h3-9,11,18H,10,17H2,1-2H3/b16-9-. The van der Waals surface area contributed by atoms with Crippen LogP contribution >= 0.6 is 0 Å². The minimum atomic E-state index is 0.363. The minimum Gasteiger partial charge on any atom is -0.513 e. The van der Waals surface area contributed by atoms with E-state index in [9.17, 15) is 0 Å². The maximum absolute atomic E-state index is 8.92. The highest BCUT2D eigenvalue weighted by atomic mass is 16.5. The van der Waals surface area contributed by atoms with Gasteiger partial charge in [-0.1, -0.05) is 32.0 Å². The molecule has 0 saturated carbocycles. The molecule has 100 valence electrons. The lowest BCUT2D eigenvalue weighted by atomic mass is 10.1. The molecular weight excluding hydrogens is 238 g/mol. The normalized spacial score (nSPS) is 12.1. The molecule has 0 unspecified atom stereocenters. The topological polar surface area (TPSA) is 55.5 Å². The Kier molecular flexibility index (Phi) is 3.95. The van der Waals surface area contributed by atoms with Crippen LogP contribution < -0.4 is 10.5 Å². The number of hydrogen-bond donors (Lipinski definition) is 2. The Labute approximate surface area is 113 Å². The third kappa shape index (κ3) is 3.19. The highest BCUT2D eigenvalue weighted by Crippen LogP contribution is 2.24. The van der Waals surface area contributed by atoms with Crippen molar-refractivity contribution < 1.29 is 9.84 Å². The van der Waals surface area contributed by atoms with E-state index in [1.165, 1.54) is 0 Å². The molecule has 0 radical (unpaired) electrons. The van der Waals surface area contributed by atoms with Gasteiger partial charge in [-0.05, 0) is 34.9 Å². The summed E-state index contributed by atoms with van der Waals surface area (Å²) in [6, 6.07) is 11.8. The van der Waals surface area contributed by atoms with Crippen molar-refractivity contribution in [1.29, 1.82) is 0 Å². The van der Waals surface area contributed by atoms with E-state index in [2.05, 4.69) is 13.8 Å². The van der Waals surface area contributed by atoms with Gasteiger partial charge >= 0.3 is 0 Å². The van der Waals surface area contributed by atoms with Gasteiger partial charge in [-0.25, -0.2) is 0 Å². The van der Waals surface area contributed by atoms with Crippen molar-refractivity contribution in [2.45, 2.75) is 13.8 Å². The van der Waals surface area contributed by atoms with Crippen LogP contribution in [0.1, 0.15) is 19.4 Å². The molecule has 0 aromatic heterocycles. The Morgan fingerprint density at radius 2 is 1.89 bits per heavy atom. The van der Waals surface area contributed by atoms with Gasteiger partial charge < -0.3 is 15.6 Å². The van der Waals surface area contributed by atoms with E-state index < -0.39 is 0 Å². The molecule has 0 heterocycles. The predicted molar refractivity (Wildman–Crippen MR) is 79.1 cm³/mol. The molecule has 3 N–H and O–H groups in total. The Morgan fingerprint density at radius 1 is 1.21 bits per heavy atom. The molecular formula is C16H19NO2. The van der Waals surface area contributed by atoms with Gasteiger partial charge in [-0.15, -0.1) is 0 Å². The first-order valence-corrected chi connectivity index (χ1v) is 6.37. The maximum Gasteiger partial charge on any atom is 0.119 e. The Hall–Kier alpha value is -2.16. The lowest BCUT2D eigenvalue weighted by molar-refractivity contribution is 0.271. The van der Waals surface area contributed by atoms with Crippen LogP contribution in [-0.4, -0.2) is 11.7 Å². The number of ether oxygens (including phenoxy) is 1. The summed E-state index contributed by atoms with van der Waals surface area (Å²) in [7, 11) is 0. The molecule has 0 aliphatic heterocycles. The summed E-state index contributed by atoms with van der Waals surface area (Å²) in [4.78, 5) is 0. The molecule has 0 aliphatic carbocycles. The van der Waals surface area contributed by atoms with Crippen LogP contribution in [0.3, 0.4) is 0 Å². The largest absolute Gasteiger partial charge is 0.513 e. The van der Waals surface area contributed by atoms with Crippen LogP contribution in [-0.2, 0) is 0 Å². The van der Waals surface area contributed by atoms with E-state index in [-0.39, 0.29) is 0 Å². The quantitative estimate of drug-likeness (QED) is 0.821. The molecule has 3 heteroatoms. The summed E-state index contributed by atoms with van der Waals surface area (Å²) < 4.78 is 5.70. The van der Waals surface area contributed by atoms with E-state index in [4.69, 9.17) is 15.6 Å². The summed E-state index contributed by atoms with van der Waals surface area (Å²) in [5, 5.41) is 11.1. The van der Waals surface area contributed by atoms with Gasteiger partial charge in [-0.2, -0.15) is 0 Å². The molecule has 0 amide bonds. The molecule has 2 rings (SSSR count). The van der Waals surface area contributed by atoms with Crippen LogP contribution in [0.25, 0.3) is 16.5 Å². The first kappa shape index (κ1) is 13.3. The van der Waals surface area contributed by atoms with Gasteiger partial charge in [0, 0.05) is 5.56 Å². The Balaban J connectivity index is 2.30. The van der Waals surface area contributed by atoms with E-state index in [0.717, 1.165) is 28.3 Å². The number of fused-ring (bicyclic) bond motifs is 1. The number of benzene rings is 2. The number of aliphatic hydroxyl groups is 1. The maximum atomic E-state index is 8.92. The summed E-state index contributed by atoms with van der Waals surface area (Å²) in [6.07, 6.45) is 0.918. The van der Waals surface area contributed by atoms with E-state index in [1.54, 1.807) is 0 Å². The van der Waals surface area contributed by atoms with Gasteiger partial charge in [-0.3, -0.25) is 0 Å². The van der Waals surface area contributed by atoms with E-state index >= 15 is 0 Å². The zero-order valence-electron chi connectivity index (χ0n) is 11.3. The van der Waals surface area contributed by atoms with Crippen LogP contribution in [0.15, 0.2) is 42.7 Å². The highest BCUT2D eigenvalue weighted by Gasteiger charge is 2.02. The van der Waals surface area contributed by atoms with Gasteiger partial charge in [0.15, 0.2) is 0 Å². The van der Waals surface area contributed by atoms with Crippen molar-refractivity contribution in [2.24, 2.45) is 11.7 Å². The molecule has 2 aromatic rings. The van der Waals surface area contributed by atoms with Crippen LogP contribution in [0.2, 0.25) is 0 Å². The second-order valence-corrected chi connectivity index (χ2v) is 5.01. The van der Waals surface area contributed by atoms with Crippen molar-refractivity contribution in [3.05, 3.63) is 48.2 Å². The zero-order chi connectivity index (χ0) is 13.8. The SMILES string of the molecule is CC(C)COc1ccc2cc(/C(N)=C/O)ccc2c1. The van der Waals surface area contributed by atoms with E-state index in [0.29, 0.717) is 18.2 Å². The molecule has 3 nitrogen and oxygen atoms in total. The molecule has 0 bridgehead atoms. The second-order valence-electron chi connectivity index (χ2n) is 5.01. The van der Waals surface area contributed by atoms with Crippen molar-refractivity contribution in [3.8, 4) is 5.75 Å². The van der Waals surface area contributed by atoms with Gasteiger partial charge in [0.1, 0.15) is 12.0 Å². The fourth-order valence-corrected chi connectivity index (χ4v) is 1.83. The molecule has 0 spiro atoms. The molecule has 0 fully saturated rings. The fourth-order valence-electron chi connectivity index (χ4n) is 1.83. The van der Waals surface area contributed by atoms with Crippen molar-refractivity contribution >= 4 is 16.5 Å². The Bertz CT molecular complexity index is 603. The van der Waals surface area contributed by atoms with Crippen molar-refractivity contribution in [1.82, 2.24) is 0 Å². The third-order valence-electron chi connectivity index (χ3n) is 2.87. The molecule has 0 atom stereocenters. The van der Waals surface area contributed by atoms with Crippen molar-refractivity contribution in [2.75, 3.05) is 6.61 Å². The molecule has 2 aromatic carbocycles. The summed E-state index contributed by atoms with van der Waals surface area (Å²) in [5.41, 5.74) is 6.86. The number of hydrogen-bond acceptors (Lipinski definition) is 3. The first-order valence-electron chi connectivity index (χ1n) is 6.37. The molecule has 0 saturated heterocycles. The first-order chi connectivity index (χ1) is 9.10. The number of rotatable bonds is 4. The lowest BCUT2D eigenvalue weighted by Crippen LogP contribution is -2.04. The summed E-state index contributed by atoms with van der Waals surface area (Å²) in [6.45, 7) is 4.96. The summed E-state index contributed by atoms with van der Waals surface area (Å²) in [5.74, 6) is 1.38. The Morgan fingerprint density at radius 3 is 2.58 bits per heavy atom. The van der Waals surface area contributed by atoms with Gasteiger partial charge in [0.05, 0.1) is 12.3 Å². The van der Waals surface area contributed by atoms with Gasteiger partial charge in [0.25, 0.3) is 0 Å². The van der Waals surface area contributed by atoms with E-state index in [1.807, 2.05) is 36.4 Å². The van der Waals surface area contributed by atoms with Gasteiger partial charge in [0.2, 0.25) is 0 Å². The third-order valence-corrected chi connectivity index (χ3v) is 2.87. The molecule has 0 aliphatic rings. The second kappa shape index (κ2) is 5.65. The smallest absolute Gasteiger partial charge is 0.119 e. The monoisotopic (exact) mass is 257 g/mol. The van der Waals surface area contributed by atoms with Crippen molar-refractivity contribution in [3.63, 3.8) is 0 Å². The van der Waals surface area contributed by atoms with Crippen LogP contribution in [0.4, 0.5) is 0 Å². The molecule has 19 heavy (non-hydrogen) atoms. The number of aliphatic hydroxyl groups excluding tert-OH is 1. The average molecular weight is 257 g/mol. The lowest BCUT2D eigenvalue weighted by Gasteiger charge is -2.10. The summed E-state index contributed by atoms with van der Waals surface area (Å²) >= 11 is 0. The van der Waals surface area contributed by atoms with Crippen LogP contribution in [0, 0.1) is 5.92 Å². The highest BCUT2D eigenvalue weighted by molar-refractivity contribution is 5.87. The fraction of sp³-hybridized carbons (Fsp3) is 0.250.